The minimum atomic E-state index is -3.12. The molecule has 0 aromatic heterocycles. The molecular formula is C22H26ClNO4S. The van der Waals surface area contributed by atoms with Gasteiger partial charge in [-0.2, -0.15) is 0 Å². The maximum atomic E-state index is 13.3. The summed E-state index contributed by atoms with van der Waals surface area (Å²) in [5, 5.41) is 0.679. The van der Waals surface area contributed by atoms with E-state index >= 15 is 0 Å². The molecule has 0 bridgehead atoms. The highest BCUT2D eigenvalue weighted by Gasteiger charge is 2.36. The molecule has 2 aromatic rings. The van der Waals surface area contributed by atoms with E-state index in [2.05, 4.69) is 0 Å². The molecule has 0 radical (unpaired) electrons. The SMILES string of the molecule is Cc1cc(O[C@@H](C)C(=O)N(Cc2ccccc2)[C@H]2CCS(=O)(=O)C2)cc(C)c1Cl. The van der Waals surface area contributed by atoms with Gasteiger partial charge in [-0.25, -0.2) is 8.42 Å². The first-order valence-corrected chi connectivity index (χ1v) is 11.8. The van der Waals surface area contributed by atoms with E-state index in [1.165, 1.54) is 0 Å². The van der Waals surface area contributed by atoms with Crippen LogP contribution in [0.1, 0.15) is 30.0 Å². The first-order chi connectivity index (χ1) is 13.7. The first-order valence-electron chi connectivity index (χ1n) is 9.64. The van der Waals surface area contributed by atoms with Crippen molar-refractivity contribution in [2.75, 3.05) is 11.5 Å². The molecule has 5 nitrogen and oxygen atoms in total. The van der Waals surface area contributed by atoms with Gasteiger partial charge in [0, 0.05) is 17.6 Å². The number of carbonyl (C=O) groups is 1. The summed E-state index contributed by atoms with van der Waals surface area (Å²) in [5.74, 6) is 0.462. The lowest BCUT2D eigenvalue weighted by molar-refractivity contribution is -0.140. The van der Waals surface area contributed by atoms with E-state index in [1.807, 2.05) is 44.2 Å². The topological polar surface area (TPSA) is 63.7 Å². The Kier molecular flexibility index (Phi) is 6.54. The van der Waals surface area contributed by atoms with Crippen LogP contribution < -0.4 is 4.74 Å². The summed E-state index contributed by atoms with van der Waals surface area (Å²) < 4.78 is 29.9. The summed E-state index contributed by atoms with van der Waals surface area (Å²) >= 11 is 6.21. The van der Waals surface area contributed by atoms with Crippen molar-refractivity contribution in [2.24, 2.45) is 0 Å². The highest BCUT2D eigenvalue weighted by molar-refractivity contribution is 7.91. The largest absolute Gasteiger partial charge is 0.481 e. The van der Waals surface area contributed by atoms with Gasteiger partial charge in [0.15, 0.2) is 15.9 Å². The van der Waals surface area contributed by atoms with E-state index in [-0.39, 0.29) is 23.5 Å². The Balaban J connectivity index is 1.81. The van der Waals surface area contributed by atoms with Crippen LogP contribution in [-0.4, -0.2) is 42.9 Å². The van der Waals surface area contributed by atoms with E-state index in [9.17, 15) is 13.2 Å². The van der Waals surface area contributed by atoms with Crippen LogP contribution in [0.3, 0.4) is 0 Å². The monoisotopic (exact) mass is 435 g/mol. The number of benzene rings is 2. The van der Waals surface area contributed by atoms with Crippen LogP contribution in [0.25, 0.3) is 0 Å². The second kappa shape index (κ2) is 8.76. The smallest absolute Gasteiger partial charge is 0.263 e. The minimum absolute atomic E-state index is 0.00253. The number of nitrogens with zero attached hydrogens (tertiary/aromatic N) is 1. The van der Waals surface area contributed by atoms with Gasteiger partial charge in [-0.3, -0.25) is 4.79 Å². The number of hydrogen-bond donors (Lipinski definition) is 0. The van der Waals surface area contributed by atoms with E-state index in [1.54, 1.807) is 24.0 Å². The van der Waals surface area contributed by atoms with Gasteiger partial charge in [-0.05, 0) is 56.0 Å². The molecule has 1 heterocycles. The van der Waals surface area contributed by atoms with Crippen molar-refractivity contribution in [3.8, 4) is 5.75 Å². The van der Waals surface area contributed by atoms with Crippen molar-refractivity contribution in [1.29, 1.82) is 0 Å². The summed E-state index contributed by atoms with van der Waals surface area (Å²) in [6.45, 7) is 5.83. The molecule has 7 heteroatoms. The normalized spacial score (nSPS) is 19.0. The second-order valence-electron chi connectivity index (χ2n) is 7.64. The summed E-state index contributed by atoms with van der Waals surface area (Å²) in [6, 6.07) is 12.9. The van der Waals surface area contributed by atoms with Gasteiger partial charge in [0.25, 0.3) is 5.91 Å². The van der Waals surface area contributed by atoms with Crippen LogP contribution in [0.4, 0.5) is 0 Å². The number of carbonyl (C=O) groups excluding carboxylic acids is 1. The third-order valence-electron chi connectivity index (χ3n) is 5.20. The van der Waals surface area contributed by atoms with Gasteiger partial charge in [0.05, 0.1) is 11.5 Å². The molecule has 3 rings (SSSR count). The van der Waals surface area contributed by atoms with Gasteiger partial charge in [-0.1, -0.05) is 41.9 Å². The quantitative estimate of drug-likeness (QED) is 0.689. The Bertz CT molecular complexity index is 968. The predicted octanol–water partition coefficient (Wildman–Crippen LogP) is 3.94. The Labute approximate surface area is 177 Å². The molecule has 2 atom stereocenters. The fourth-order valence-corrected chi connectivity index (χ4v) is 5.49. The zero-order valence-corrected chi connectivity index (χ0v) is 18.5. The highest BCUT2D eigenvalue weighted by Crippen LogP contribution is 2.27. The second-order valence-corrected chi connectivity index (χ2v) is 10.2. The predicted molar refractivity (Wildman–Crippen MR) is 115 cm³/mol. The van der Waals surface area contributed by atoms with Crippen molar-refractivity contribution in [1.82, 2.24) is 4.90 Å². The number of ether oxygens (including phenoxy) is 1. The van der Waals surface area contributed by atoms with Gasteiger partial charge >= 0.3 is 0 Å². The minimum Gasteiger partial charge on any atom is -0.481 e. The van der Waals surface area contributed by atoms with E-state index < -0.39 is 15.9 Å². The number of hydrogen-bond acceptors (Lipinski definition) is 4. The molecule has 1 saturated heterocycles. The lowest BCUT2D eigenvalue weighted by Crippen LogP contribution is -2.46. The van der Waals surface area contributed by atoms with Crippen LogP contribution in [-0.2, 0) is 21.2 Å². The molecule has 1 amide bonds. The Morgan fingerprint density at radius 3 is 2.38 bits per heavy atom. The van der Waals surface area contributed by atoms with Crippen molar-refractivity contribution in [2.45, 2.75) is 45.9 Å². The lowest BCUT2D eigenvalue weighted by Gasteiger charge is -2.31. The third kappa shape index (κ3) is 5.31. The van der Waals surface area contributed by atoms with Gasteiger partial charge in [0.1, 0.15) is 5.75 Å². The van der Waals surface area contributed by atoms with Crippen LogP contribution in [0.2, 0.25) is 5.02 Å². The number of rotatable bonds is 6. The summed E-state index contributed by atoms with van der Waals surface area (Å²) in [4.78, 5) is 14.9. The van der Waals surface area contributed by atoms with Crippen LogP contribution in [0.5, 0.6) is 5.75 Å². The summed E-state index contributed by atoms with van der Waals surface area (Å²) in [5.41, 5.74) is 2.71. The van der Waals surface area contributed by atoms with Crippen LogP contribution in [0, 0.1) is 13.8 Å². The molecule has 1 fully saturated rings. The molecule has 156 valence electrons. The highest BCUT2D eigenvalue weighted by atomic mass is 35.5. The molecule has 0 saturated carbocycles. The summed E-state index contributed by atoms with van der Waals surface area (Å²) in [7, 11) is -3.12. The molecule has 0 N–H and O–H groups in total. The molecule has 1 aliphatic heterocycles. The average molecular weight is 436 g/mol. The maximum Gasteiger partial charge on any atom is 0.263 e. The number of amides is 1. The summed E-state index contributed by atoms with van der Waals surface area (Å²) in [6.07, 6.45) is -0.297. The fraction of sp³-hybridized carbons (Fsp3) is 0.409. The molecule has 0 unspecified atom stereocenters. The number of sulfone groups is 1. The molecule has 1 aliphatic rings. The number of aryl methyl sites for hydroxylation is 2. The Morgan fingerprint density at radius 1 is 1.21 bits per heavy atom. The Hall–Kier alpha value is -2.05. The third-order valence-corrected chi connectivity index (χ3v) is 7.55. The maximum absolute atomic E-state index is 13.3. The molecule has 0 spiro atoms. The number of halogens is 1. The van der Waals surface area contributed by atoms with E-state index in [4.69, 9.17) is 16.3 Å². The molecule has 2 aromatic carbocycles. The fourth-order valence-electron chi connectivity index (χ4n) is 3.65. The van der Waals surface area contributed by atoms with Gasteiger partial charge in [-0.15, -0.1) is 0 Å². The van der Waals surface area contributed by atoms with Crippen LogP contribution in [0.15, 0.2) is 42.5 Å². The van der Waals surface area contributed by atoms with E-state index in [0.29, 0.717) is 23.7 Å². The van der Waals surface area contributed by atoms with Gasteiger partial charge < -0.3 is 9.64 Å². The first kappa shape index (κ1) is 21.7. The van der Waals surface area contributed by atoms with Crippen molar-refractivity contribution in [3.63, 3.8) is 0 Å². The van der Waals surface area contributed by atoms with E-state index in [0.717, 1.165) is 16.7 Å². The molecular weight excluding hydrogens is 410 g/mol. The lowest BCUT2D eigenvalue weighted by atomic mass is 10.1. The van der Waals surface area contributed by atoms with Gasteiger partial charge in [0.2, 0.25) is 0 Å². The van der Waals surface area contributed by atoms with Crippen molar-refractivity contribution < 1.29 is 17.9 Å². The molecule has 0 aliphatic carbocycles. The Morgan fingerprint density at radius 2 is 1.83 bits per heavy atom. The zero-order valence-electron chi connectivity index (χ0n) is 16.9. The van der Waals surface area contributed by atoms with Crippen molar-refractivity contribution >= 4 is 27.3 Å². The standard InChI is InChI=1S/C22H26ClNO4S/c1-15-11-20(12-16(2)21(15)23)28-17(3)22(25)24(13-18-7-5-4-6-8-18)19-9-10-29(26,27)14-19/h4-8,11-12,17,19H,9-10,13-14H2,1-3H3/t17-,19-/m0/s1. The molecule has 29 heavy (non-hydrogen) atoms. The zero-order chi connectivity index (χ0) is 21.2. The van der Waals surface area contributed by atoms with Crippen molar-refractivity contribution in [3.05, 3.63) is 64.2 Å². The average Bonchev–Trinajstić information content (AvgIpc) is 3.04. The van der Waals surface area contributed by atoms with Crippen LogP contribution >= 0.6 is 11.6 Å².